The van der Waals surface area contributed by atoms with Crippen LogP contribution in [0.3, 0.4) is 0 Å². The van der Waals surface area contributed by atoms with E-state index in [0.29, 0.717) is 12.3 Å². The lowest BCUT2D eigenvalue weighted by molar-refractivity contribution is -0.124. The minimum absolute atomic E-state index is 0.0731. The Labute approximate surface area is 173 Å². The van der Waals surface area contributed by atoms with Gasteiger partial charge in [-0.2, -0.15) is 16.6 Å². The van der Waals surface area contributed by atoms with Crippen LogP contribution in [0.2, 0.25) is 0 Å². The lowest BCUT2D eigenvalue weighted by Gasteiger charge is -2.27. The van der Waals surface area contributed by atoms with Gasteiger partial charge in [-0.05, 0) is 65.3 Å². The lowest BCUT2D eigenvalue weighted by atomic mass is 9.96. The number of nitrogens with one attached hydrogen (secondary N) is 2. The summed E-state index contributed by atoms with van der Waals surface area (Å²) in [6.07, 6.45) is 2.19. The Balaban J connectivity index is 1.84. The fourth-order valence-electron chi connectivity index (χ4n) is 3.12. The number of nitrogens with zero attached hydrogens (tertiary/aromatic N) is 1. The monoisotopic (exact) mass is 445 g/mol. The fraction of sp³-hybridized carbons (Fsp3) is 0.429. The molecule has 1 fully saturated rings. The molecule has 1 aromatic heterocycles. The maximum Gasteiger partial charge on any atom is 0.238 e. The molecular formula is C21H24BrN3OS. The van der Waals surface area contributed by atoms with E-state index in [1.54, 1.807) is 11.3 Å². The van der Waals surface area contributed by atoms with Crippen LogP contribution >= 0.6 is 27.3 Å². The highest BCUT2D eigenvalue weighted by atomic mass is 79.9. The van der Waals surface area contributed by atoms with Crippen molar-refractivity contribution in [2.24, 2.45) is 5.92 Å². The second-order valence-corrected chi connectivity index (χ2v) is 9.27. The number of hydrogen-bond donors (Lipinski definition) is 2. The summed E-state index contributed by atoms with van der Waals surface area (Å²) >= 11 is 5.13. The molecule has 1 aliphatic rings. The zero-order chi connectivity index (χ0) is 19.4. The van der Waals surface area contributed by atoms with Crippen LogP contribution in [0.4, 0.5) is 0 Å². The normalized spacial score (nSPS) is 17.1. The molecule has 0 bridgehead atoms. The molecule has 1 aliphatic carbocycles. The number of carbonyl (C=O) groups excluding carboxylic acids is 1. The van der Waals surface area contributed by atoms with Gasteiger partial charge in [-0.25, -0.2) is 0 Å². The van der Waals surface area contributed by atoms with Gasteiger partial charge in [0, 0.05) is 4.47 Å². The molecule has 1 saturated carbocycles. The maximum absolute atomic E-state index is 13.0. The predicted octanol–water partition coefficient (Wildman–Crippen LogP) is 4.78. The van der Waals surface area contributed by atoms with Gasteiger partial charge in [0.2, 0.25) is 5.91 Å². The molecule has 27 heavy (non-hydrogen) atoms. The number of halogens is 1. The van der Waals surface area contributed by atoms with Gasteiger partial charge < -0.3 is 5.32 Å². The van der Waals surface area contributed by atoms with Crippen LogP contribution in [0.15, 0.2) is 45.6 Å². The molecular weight excluding hydrogens is 422 g/mol. The Morgan fingerprint density at radius 3 is 2.48 bits per heavy atom. The number of benzene rings is 1. The van der Waals surface area contributed by atoms with Crippen molar-refractivity contribution in [3.05, 3.63) is 56.7 Å². The van der Waals surface area contributed by atoms with E-state index in [0.717, 1.165) is 28.4 Å². The summed E-state index contributed by atoms with van der Waals surface area (Å²) in [5.74, 6) is 0.277. The SMILES string of the molecule is CC(C)C[C@H](N[C@@H](c1ccc(Br)cc1)c1ccsc1)C(=O)NC1(C#N)CC1. The molecule has 4 nitrogen and oxygen atoms in total. The predicted molar refractivity (Wildman–Crippen MR) is 112 cm³/mol. The lowest BCUT2D eigenvalue weighted by Crippen LogP contribution is -2.50. The van der Waals surface area contributed by atoms with Crippen molar-refractivity contribution in [3.8, 4) is 6.07 Å². The van der Waals surface area contributed by atoms with Crippen molar-refractivity contribution in [2.45, 2.75) is 50.7 Å². The van der Waals surface area contributed by atoms with Crippen LogP contribution in [0.5, 0.6) is 0 Å². The molecule has 1 amide bonds. The zero-order valence-electron chi connectivity index (χ0n) is 15.5. The van der Waals surface area contributed by atoms with Crippen LogP contribution in [0, 0.1) is 17.2 Å². The largest absolute Gasteiger partial charge is 0.336 e. The summed E-state index contributed by atoms with van der Waals surface area (Å²) in [6, 6.07) is 12.1. The second kappa shape index (κ2) is 8.55. The molecule has 3 rings (SSSR count). The molecule has 0 saturated heterocycles. The van der Waals surface area contributed by atoms with Gasteiger partial charge in [-0.1, -0.05) is 41.9 Å². The second-order valence-electron chi connectivity index (χ2n) is 7.57. The number of rotatable bonds is 8. The molecule has 1 aromatic carbocycles. The highest BCUT2D eigenvalue weighted by molar-refractivity contribution is 9.10. The Bertz CT molecular complexity index is 807. The van der Waals surface area contributed by atoms with Crippen LogP contribution in [0.1, 0.15) is 50.3 Å². The quantitative estimate of drug-likeness (QED) is 0.614. The summed E-state index contributed by atoms with van der Waals surface area (Å²) in [6.45, 7) is 4.22. The summed E-state index contributed by atoms with van der Waals surface area (Å²) < 4.78 is 1.02. The van der Waals surface area contributed by atoms with Crippen LogP contribution in [0.25, 0.3) is 0 Å². The van der Waals surface area contributed by atoms with Crippen LogP contribution in [-0.4, -0.2) is 17.5 Å². The minimum Gasteiger partial charge on any atom is -0.336 e. The molecule has 2 aromatic rings. The first-order valence-electron chi connectivity index (χ1n) is 9.19. The van der Waals surface area contributed by atoms with Crippen LogP contribution < -0.4 is 10.6 Å². The van der Waals surface area contributed by atoms with Gasteiger partial charge in [-0.15, -0.1) is 0 Å². The maximum atomic E-state index is 13.0. The third kappa shape index (κ3) is 5.19. The van der Waals surface area contributed by atoms with E-state index >= 15 is 0 Å². The van der Waals surface area contributed by atoms with Gasteiger partial charge >= 0.3 is 0 Å². The van der Waals surface area contributed by atoms with Crippen molar-refractivity contribution in [1.82, 2.24) is 10.6 Å². The molecule has 2 atom stereocenters. The van der Waals surface area contributed by atoms with E-state index in [4.69, 9.17) is 0 Å². The van der Waals surface area contributed by atoms with Gasteiger partial charge in [-0.3, -0.25) is 10.1 Å². The standard InChI is InChI=1S/C21H24BrN3OS/c1-14(2)11-18(20(26)25-21(13-23)8-9-21)24-19(16-7-10-27-12-16)15-3-5-17(22)6-4-15/h3-7,10,12,14,18-19,24H,8-9,11H2,1-2H3,(H,25,26)/t18-,19-/m0/s1. The van der Waals surface area contributed by atoms with E-state index in [2.05, 4.69) is 75.4 Å². The molecule has 0 unspecified atom stereocenters. The summed E-state index contributed by atoms with van der Waals surface area (Å²) in [4.78, 5) is 13.0. The van der Waals surface area contributed by atoms with Gasteiger partial charge in [0.05, 0.1) is 18.2 Å². The third-order valence-corrected chi connectivity index (χ3v) is 6.03. The van der Waals surface area contributed by atoms with Gasteiger partial charge in [0.25, 0.3) is 0 Å². The van der Waals surface area contributed by atoms with Crippen molar-refractivity contribution >= 4 is 33.2 Å². The molecule has 0 aliphatic heterocycles. The first kappa shape index (κ1) is 20.1. The number of nitriles is 1. The number of carbonyl (C=O) groups is 1. The Kier molecular flexibility index (Phi) is 6.36. The van der Waals surface area contributed by atoms with Crippen molar-refractivity contribution in [2.75, 3.05) is 0 Å². The van der Waals surface area contributed by atoms with E-state index in [9.17, 15) is 10.1 Å². The number of hydrogen-bond acceptors (Lipinski definition) is 4. The smallest absolute Gasteiger partial charge is 0.238 e. The van der Waals surface area contributed by atoms with E-state index in [1.807, 2.05) is 12.1 Å². The van der Waals surface area contributed by atoms with Gasteiger partial charge in [0.15, 0.2) is 0 Å². The first-order valence-corrected chi connectivity index (χ1v) is 10.9. The van der Waals surface area contributed by atoms with Crippen molar-refractivity contribution in [3.63, 3.8) is 0 Å². The third-order valence-electron chi connectivity index (χ3n) is 4.80. The van der Waals surface area contributed by atoms with E-state index in [-0.39, 0.29) is 18.0 Å². The Morgan fingerprint density at radius 1 is 1.26 bits per heavy atom. The molecule has 6 heteroatoms. The minimum atomic E-state index is -0.649. The van der Waals surface area contributed by atoms with Crippen molar-refractivity contribution in [1.29, 1.82) is 5.26 Å². The average molecular weight is 446 g/mol. The first-order chi connectivity index (χ1) is 12.9. The highest BCUT2D eigenvalue weighted by Gasteiger charge is 2.45. The van der Waals surface area contributed by atoms with Crippen LogP contribution in [-0.2, 0) is 4.79 Å². The molecule has 0 radical (unpaired) electrons. The van der Waals surface area contributed by atoms with Gasteiger partial charge in [0.1, 0.15) is 5.54 Å². The topological polar surface area (TPSA) is 64.9 Å². The summed E-state index contributed by atoms with van der Waals surface area (Å²) in [7, 11) is 0. The number of amides is 1. The Morgan fingerprint density at radius 2 is 1.96 bits per heavy atom. The zero-order valence-corrected chi connectivity index (χ0v) is 17.9. The van der Waals surface area contributed by atoms with E-state index in [1.165, 1.54) is 0 Å². The summed E-state index contributed by atoms with van der Waals surface area (Å²) in [5.41, 5.74) is 1.61. The molecule has 0 spiro atoms. The molecule has 1 heterocycles. The molecule has 2 N–H and O–H groups in total. The highest BCUT2D eigenvalue weighted by Crippen LogP contribution is 2.34. The van der Waals surface area contributed by atoms with E-state index < -0.39 is 5.54 Å². The Hall–Kier alpha value is -1.68. The summed E-state index contributed by atoms with van der Waals surface area (Å²) in [5, 5.41) is 20.0. The average Bonchev–Trinajstić information content (AvgIpc) is 3.20. The molecule has 142 valence electrons. The van der Waals surface area contributed by atoms with Crippen molar-refractivity contribution < 1.29 is 4.79 Å². The fourth-order valence-corrected chi connectivity index (χ4v) is 4.07. The number of thiophene rings is 1.